The molecule has 0 bridgehead atoms. The molecule has 1 aromatic rings. The molecule has 84 valence electrons. The predicted molar refractivity (Wildman–Crippen MR) is 58.4 cm³/mol. The standard InChI is InChI=1S/C11H11NO4/c1-8(7-12(14)15)9-3-5-10(6-4-9)11(13)16-2/h3-7H,1-2H3/b8-7+. The Kier molecular flexibility index (Phi) is 3.77. The summed E-state index contributed by atoms with van der Waals surface area (Å²) in [6.45, 7) is 1.63. The van der Waals surface area contributed by atoms with Crippen LogP contribution in [0.5, 0.6) is 0 Å². The number of esters is 1. The van der Waals surface area contributed by atoms with E-state index in [1.54, 1.807) is 31.2 Å². The Morgan fingerprint density at radius 1 is 1.31 bits per heavy atom. The third-order valence-electron chi connectivity index (χ3n) is 2.06. The highest BCUT2D eigenvalue weighted by atomic mass is 16.6. The first-order chi connectivity index (χ1) is 7.54. The molecule has 0 radical (unpaired) electrons. The molecule has 0 saturated carbocycles. The molecule has 0 saturated heterocycles. The van der Waals surface area contributed by atoms with Crippen molar-refractivity contribution in [3.63, 3.8) is 0 Å². The van der Waals surface area contributed by atoms with Gasteiger partial charge < -0.3 is 4.74 Å². The third kappa shape index (κ3) is 2.91. The van der Waals surface area contributed by atoms with Gasteiger partial charge in [0.15, 0.2) is 0 Å². The first-order valence-electron chi connectivity index (χ1n) is 4.55. The van der Waals surface area contributed by atoms with Crippen LogP contribution >= 0.6 is 0 Å². The van der Waals surface area contributed by atoms with Crippen molar-refractivity contribution in [2.45, 2.75) is 6.92 Å². The van der Waals surface area contributed by atoms with E-state index in [-0.39, 0.29) is 0 Å². The summed E-state index contributed by atoms with van der Waals surface area (Å²) in [4.78, 5) is 20.9. The van der Waals surface area contributed by atoms with Crippen molar-refractivity contribution >= 4 is 11.5 Å². The Hall–Kier alpha value is -2.17. The summed E-state index contributed by atoms with van der Waals surface area (Å²) in [5, 5.41) is 10.3. The number of methoxy groups -OCH3 is 1. The number of carbonyl (C=O) groups is 1. The number of ether oxygens (including phenoxy) is 1. The van der Waals surface area contributed by atoms with Crippen LogP contribution in [-0.4, -0.2) is 18.0 Å². The number of carbonyl (C=O) groups excluding carboxylic acids is 1. The minimum Gasteiger partial charge on any atom is -0.465 e. The van der Waals surface area contributed by atoms with Crippen LogP contribution in [0, 0.1) is 10.1 Å². The number of nitrogens with zero attached hydrogens (tertiary/aromatic N) is 1. The van der Waals surface area contributed by atoms with Gasteiger partial charge in [-0.05, 0) is 24.6 Å². The van der Waals surface area contributed by atoms with Crippen molar-refractivity contribution in [3.8, 4) is 0 Å². The van der Waals surface area contributed by atoms with Crippen molar-refractivity contribution in [2.75, 3.05) is 7.11 Å². The Labute approximate surface area is 92.5 Å². The number of nitro groups is 1. The van der Waals surface area contributed by atoms with Crippen LogP contribution in [0.1, 0.15) is 22.8 Å². The van der Waals surface area contributed by atoms with Crippen LogP contribution in [-0.2, 0) is 4.74 Å². The molecule has 0 aliphatic heterocycles. The second-order valence-corrected chi connectivity index (χ2v) is 3.17. The monoisotopic (exact) mass is 221 g/mol. The molecule has 0 heterocycles. The summed E-state index contributed by atoms with van der Waals surface area (Å²) in [5.74, 6) is -0.428. The zero-order chi connectivity index (χ0) is 12.1. The fourth-order valence-electron chi connectivity index (χ4n) is 1.22. The van der Waals surface area contributed by atoms with Crippen molar-refractivity contribution in [1.29, 1.82) is 0 Å². The molecule has 0 aromatic heterocycles. The lowest BCUT2D eigenvalue weighted by Gasteiger charge is -2.01. The van der Waals surface area contributed by atoms with Crippen LogP contribution in [0.3, 0.4) is 0 Å². The van der Waals surface area contributed by atoms with Crippen molar-refractivity contribution in [1.82, 2.24) is 0 Å². The molecule has 16 heavy (non-hydrogen) atoms. The van der Waals surface area contributed by atoms with Gasteiger partial charge in [-0.25, -0.2) is 4.79 Å². The smallest absolute Gasteiger partial charge is 0.337 e. The minimum atomic E-state index is -0.510. The average molecular weight is 221 g/mol. The lowest BCUT2D eigenvalue weighted by molar-refractivity contribution is -0.401. The quantitative estimate of drug-likeness (QED) is 0.445. The predicted octanol–water partition coefficient (Wildman–Crippen LogP) is 2.11. The van der Waals surface area contributed by atoms with Crippen LogP contribution in [0.15, 0.2) is 30.5 Å². The maximum atomic E-state index is 11.1. The minimum absolute atomic E-state index is 0.417. The topological polar surface area (TPSA) is 69.4 Å². The summed E-state index contributed by atoms with van der Waals surface area (Å²) in [7, 11) is 1.30. The Balaban J connectivity index is 2.95. The molecule has 0 N–H and O–H groups in total. The third-order valence-corrected chi connectivity index (χ3v) is 2.06. The van der Waals surface area contributed by atoms with Gasteiger partial charge in [-0.3, -0.25) is 10.1 Å². The van der Waals surface area contributed by atoms with E-state index >= 15 is 0 Å². The van der Waals surface area contributed by atoms with Crippen LogP contribution in [0.2, 0.25) is 0 Å². The number of hydrogen-bond donors (Lipinski definition) is 0. The van der Waals surface area contributed by atoms with E-state index in [9.17, 15) is 14.9 Å². The number of hydrogen-bond acceptors (Lipinski definition) is 4. The molecule has 0 spiro atoms. The molecule has 0 amide bonds. The van der Waals surface area contributed by atoms with Gasteiger partial charge in [-0.1, -0.05) is 12.1 Å². The highest BCUT2D eigenvalue weighted by molar-refractivity contribution is 5.89. The Morgan fingerprint density at radius 2 is 1.81 bits per heavy atom. The Morgan fingerprint density at radius 3 is 2.25 bits per heavy atom. The molecule has 5 heteroatoms. The molecular weight excluding hydrogens is 210 g/mol. The maximum absolute atomic E-state index is 11.1. The average Bonchev–Trinajstić information content (AvgIpc) is 2.27. The summed E-state index contributed by atoms with van der Waals surface area (Å²) in [6, 6.07) is 6.42. The fraction of sp³-hybridized carbons (Fsp3) is 0.182. The van der Waals surface area contributed by atoms with Crippen LogP contribution < -0.4 is 0 Å². The van der Waals surface area contributed by atoms with Gasteiger partial charge in [-0.15, -0.1) is 0 Å². The van der Waals surface area contributed by atoms with E-state index < -0.39 is 10.9 Å². The molecule has 1 rings (SSSR count). The van der Waals surface area contributed by atoms with Crippen molar-refractivity contribution in [2.24, 2.45) is 0 Å². The van der Waals surface area contributed by atoms with E-state index in [4.69, 9.17) is 0 Å². The zero-order valence-corrected chi connectivity index (χ0v) is 8.97. The van der Waals surface area contributed by atoms with Gasteiger partial charge in [0.25, 0.3) is 0 Å². The molecule has 1 aromatic carbocycles. The van der Waals surface area contributed by atoms with Gasteiger partial charge >= 0.3 is 5.97 Å². The normalized spacial score (nSPS) is 11.0. The molecular formula is C11H11NO4. The molecule has 0 aliphatic rings. The van der Waals surface area contributed by atoms with E-state index in [1.165, 1.54) is 7.11 Å². The maximum Gasteiger partial charge on any atom is 0.337 e. The SMILES string of the molecule is COC(=O)c1ccc(/C(C)=C/[N+](=O)[O-])cc1. The largest absolute Gasteiger partial charge is 0.465 e. The van der Waals surface area contributed by atoms with Gasteiger partial charge in [0.2, 0.25) is 6.20 Å². The lowest BCUT2D eigenvalue weighted by atomic mass is 10.1. The van der Waals surface area contributed by atoms with Gasteiger partial charge in [0.05, 0.1) is 17.6 Å². The first kappa shape index (κ1) is 11.9. The summed E-state index contributed by atoms with van der Waals surface area (Å²) in [5.41, 5.74) is 1.64. The van der Waals surface area contributed by atoms with Gasteiger partial charge in [0.1, 0.15) is 0 Å². The second kappa shape index (κ2) is 5.06. The first-order valence-corrected chi connectivity index (χ1v) is 4.55. The summed E-state index contributed by atoms with van der Waals surface area (Å²) in [6.07, 6.45) is 0.924. The molecule has 0 atom stereocenters. The van der Waals surface area contributed by atoms with Crippen molar-refractivity contribution < 1.29 is 14.5 Å². The summed E-state index contributed by atoms with van der Waals surface area (Å²) < 4.78 is 4.54. The van der Waals surface area contributed by atoms with E-state index in [2.05, 4.69) is 4.74 Å². The fourth-order valence-corrected chi connectivity index (χ4v) is 1.22. The number of rotatable bonds is 3. The van der Waals surface area contributed by atoms with Gasteiger partial charge in [0, 0.05) is 5.57 Å². The van der Waals surface area contributed by atoms with Crippen LogP contribution in [0.4, 0.5) is 0 Å². The number of benzene rings is 1. The molecule has 0 unspecified atom stereocenters. The lowest BCUT2D eigenvalue weighted by Crippen LogP contribution is -2.00. The Bertz CT molecular complexity index is 434. The highest BCUT2D eigenvalue weighted by Crippen LogP contribution is 2.14. The second-order valence-electron chi connectivity index (χ2n) is 3.17. The van der Waals surface area contributed by atoms with Gasteiger partial charge in [-0.2, -0.15) is 0 Å². The number of allylic oxidation sites excluding steroid dienone is 1. The van der Waals surface area contributed by atoms with Crippen molar-refractivity contribution in [3.05, 3.63) is 51.7 Å². The molecule has 5 nitrogen and oxygen atoms in total. The molecule has 0 fully saturated rings. The van der Waals surface area contributed by atoms with E-state index in [0.717, 1.165) is 6.20 Å². The van der Waals surface area contributed by atoms with Crippen LogP contribution in [0.25, 0.3) is 5.57 Å². The summed E-state index contributed by atoms with van der Waals surface area (Å²) >= 11 is 0. The highest BCUT2D eigenvalue weighted by Gasteiger charge is 2.06. The van der Waals surface area contributed by atoms with E-state index in [1.807, 2.05) is 0 Å². The van der Waals surface area contributed by atoms with E-state index in [0.29, 0.717) is 16.7 Å². The zero-order valence-electron chi connectivity index (χ0n) is 8.97. The molecule has 0 aliphatic carbocycles.